The molecule has 6 nitrogen and oxygen atoms in total. The van der Waals surface area contributed by atoms with Crippen molar-refractivity contribution in [2.75, 3.05) is 25.7 Å². The minimum absolute atomic E-state index is 0.0481. The van der Waals surface area contributed by atoms with Gasteiger partial charge >= 0.3 is 0 Å². The zero-order chi connectivity index (χ0) is 19.2. The number of carbonyl (C=O) groups is 2. The highest BCUT2D eigenvalue weighted by Crippen LogP contribution is 2.24. The van der Waals surface area contributed by atoms with Crippen LogP contribution in [-0.4, -0.2) is 53.6 Å². The summed E-state index contributed by atoms with van der Waals surface area (Å²) in [6, 6.07) is 13.3. The summed E-state index contributed by atoms with van der Waals surface area (Å²) < 4.78 is 11.0. The molecule has 0 radical (unpaired) electrons. The zero-order valence-electron chi connectivity index (χ0n) is 14.6. The van der Waals surface area contributed by atoms with Crippen LogP contribution in [0.3, 0.4) is 0 Å². The normalized spacial score (nSPS) is 14.4. The Labute approximate surface area is 162 Å². The Hall–Kier alpha value is -2.41. The van der Waals surface area contributed by atoms with Gasteiger partial charge in [0.2, 0.25) is 0 Å². The third-order valence-corrected chi connectivity index (χ3v) is 4.40. The summed E-state index contributed by atoms with van der Waals surface area (Å²) in [6.07, 6.45) is 0. The number of carbonyl (C=O) groups excluding carboxylic acids is 2. The van der Waals surface area contributed by atoms with E-state index in [1.807, 2.05) is 24.3 Å². The van der Waals surface area contributed by atoms with Crippen LogP contribution in [0.1, 0.15) is 26.3 Å². The number of aliphatic hydroxyl groups is 1. The lowest BCUT2D eigenvalue weighted by Gasteiger charge is -2.24. The number of halogens is 1. The van der Waals surface area contributed by atoms with Gasteiger partial charge in [-0.25, -0.2) is 0 Å². The monoisotopic (exact) mass is 389 g/mol. The molecule has 1 aliphatic rings. The molecule has 2 aromatic carbocycles. The van der Waals surface area contributed by atoms with E-state index in [1.165, 1.54) is 0 Å². The van der Waals surface area contributed by atoms with Gasteiger partial charge in [-0.15, -0.1) is 11.6 Å². The highest BCUT2D eigenvalue weighted by molar-refractivity contribution is 6.21. The molecule has 142 valence electrons. The summed E-state index contributed by atoms with van der Waals surface area (Å²) in [5, 5.41) is 9.66. The first-order valence-corrected chi connectivity index (χ1v) is 9.12. The first kappa shape index (κ1) is 19.4. The Kier molecular flexibility index (Phi) is 6.45. The summed E-state index contributed by atoms with van der Waals surface area (Å²) in [5.41, 5.74) is 1.62. The molecule has 0 aliphatic carbocycles. The summed E-state index contributed by atoms with van der Waals surface area (Å²) >= 11 is 5.58. The minimum atomic E-state index is -0.733. The van der Waals surface area contributed by atoms with Crippen LogP contribution in [0.15, 0.2) is 48.5 Å². The van der Waals surface area contributed by atoms with Crippen LogP contribution in [0, 0.1) is 0 Å². The van der Waals surface area contributed by atoms with Gasteiger partial charge in [-0.1, -0.05) is 24.3 Å². The van der Waals surface area contributed by atoms with Gasteiger partial charge in [0, 0.05) is 0 Å². The van der Waals surface area contributed by atoms with Gasteiger partial charge in [-0.3, -0.25) is 14.5 Å². The van der Waals surface area contributed by atoms with E-state index in [0.717, 1.165) is 16.2 Å². The van der Waals surface area contributed by atoms with E-state index < -0.39 is 17.9 Å². The number of benzene rings is 2. The summed E-state index contributed by atoms with van der Waals surface area (Å²) in [7, 11) is 0. The fourth-order valence-corrected chi connectivity index (χ4v) is 2.98. The molecular weight excluding hydrogens is 370 g/mol. The Morgan fingerprint density at radius 2 is 1.63 bits per heavy atom. The van der Waals surface area contributed by atoms with E-state index in [1.54, 1.807) is 24.3 Å². The van der Waals surface area contributed by atoms with Crippen LogP contribution < -0.4 is 4.74 Å². The van der Waals surface area contributed by atoms with Crippen LogP contribution in [0.2, 0.25) is 0 Å². The van der Waals surface area contributed by atoms with Crippen molar-refractivity contribution >= 4 is 23.4 Å². The number of alkyl halides is 1. The van der Waals surface area contributed by atoms with Crippen molar-refractivity contribution < 1.29 is 24.2 Å². The number of hydrogen-bond acceptors (Lipinski definition) is 5. The number of amides is 2. The molecule has 0 spiro atoms. The van der Waals surface area contributed by atoms with E-state index in [0.29, 0.717) is 23.6 Å². The van der Waals surface area contributed by atoms with Gasteiger partial charge in [0.15, 0.2) is 0 Å². The van der Waals surface area contributed by atoms with E-state index in [9.17, 15) is 14.7 Å². The number of nitrogens with zero attached hydrogens (tertiary/aromatic N) is 1. The first-order valence-electron chi connectivity index (χ1n) is 8.59. The van der Waals surface area contributed by atoms with Gasteiger partial charge in [0.1, 0.15) is 12.4 Å². The van der Waals surface area contributed by atoms with Gasteiger partial charge in [-0.05, 0) is 29.8 Å². The van der Waals surface area contributed by atoms with E-state index >= 15 is 0 Å². The van der Waals surface area contributed by atoms with Gasteiger partial charge in [0.05, 0.1) is 42.9 Å². The Morgan fingerprint density at radius 3 is 2.19 bits per heavy atom. The Balaban J connectivity index is 1.57. The van der Waals surface area contributed by atoms with Crippen molar-refractivity contribution in [2.24, 2.45) is 0 Å². The zero-order valence-corrected chi connectivity index (χ0v) is 15.4. The maximum Gasteiger partial charge on any atom is 0.261 e. The molecule has 1 aliphatic heterocycles. The molecule has 1 N–H and O–H groups in total. The highest BCUT2D eigenvalue weighted by atomic mass is 35.5. The average molecular weight is 390 g/mol. The van der Waals surface area contributed by atoms with Crippen LogP contribution in [-0.2, 0) is 11.3 Å². The number of imide groups is 1. The first-order chi connectivity index (χ1) is 13.2. The predicted molar refractivity (Wildman–Crippen MR) is 100 cm³/mol. The molecule has 3 rings (SSSR count). The van der Waals surface area contributed by atoms with Crippen LogP contribution >= 0.6 is 11.6 Å². The highest BCUT2D eigenvalue weighted by Gasteiger charge is 2.39. The second-order valence-electron chi connectivity index (χ2n) is 6.06. The summed E-state index contributed by atoms with van der Waals surface area (Å²) in [4.78, 5) is 26.0. The van der Waals surface area contributed by atoms with Crippen molar-refractivity contribution in [1.29, 1.82) is 0 Å². The van der Waals surface area contributed by atoms with Gasteiger partial charge in [0.25, 0.3) is 11.8 Å². The molecule has 0 fully saturated rings. The number of aliphatic hydroxyl groups excluding tert-OH is 1. The van der Waals surface area contributed by atoms with Crippen LogP contribution in [0.4, 0.5) is 0 Å². The van der Waals surface area contributed by atoms with Crippen LogP contribution in [0.25, 0.3) is 0 Å². The SMILES string of the molecule is O=C1c2ccccc2C(=O)N1C(CO)COCc1ccc(OCCCl)cc1. The van der Waals surface area contributed by atoms with Gasteiger partial charge < -0.3 is 14.6 Å². The molecule has 2 aromatic rings. The lowest BCUT2D eigenvalue weighted by molar-refractivity contribution is 0.0227. The molecule has 2 amide bonds. The fraction of sp³-hybridized carbons (Fsp3) is 0.300. The molecule has 1 heterocycles. The predicted octanol–water partition coefficient (Wildman–Crippen LogP) is 2.48. The lowest BCUT2D eigenvalue weighted by Crippen LogP contribution is -2.44. The van der Waals surface area contributed by atoms with Gasteiger partial charge in [-0.2, -0.15) is 0 Å². The van der Waals surface area contributed by atoms with Crippen molar-refractivity contribution in [3.63, 3.8) is 0 Å². The molecule has 0 bridgehead atoms. The largest absolute Gasteiger partial charge is 0.492 e. The van der Waals surface area contributed by atoms with E-state index in [-0.39, 0.29) is 19.8 Å². The molecule has 1 unspecified atom stereocenters. The number of hydrogen-bond donors (Lipinski definition) is 1. The van der Waals surface area contributed by atoms with E-state index in [4.69, 9.17) is 21.1 Å². The van der Waals surface area contributed by atoms with Crippen molar-refractivity contribution in [3.05, 3.63) is 65.2 Å². The molecule has 0 saturated heterocycles. The molecular formula is C20H20ClNO5. The van der Waals surface area contributed by atoms with Crippen molar-refractivity contribution in [3.8, 4) is 5.75 Å². The number of fused-ring (bicyclic) bond motifs is 1. The Bertz CT molecular complexity index is 773. The molecule has 27 heavy (non-hydrogen) atoms. The molecule has 0 aromatic heterocycles. The number of ether oxygens (including phenoxy) is 2. The second kappa shape index (κ2) is 8.99. The third kappa shape index (κ3) is 4.30. The van der Waals surface area contributed by atoms with Crippen LogP contribution in [0.5, 0.6) is 5.75 Å². The number of rotatable bonds is 9. The maximum atomic E-state index is 12.5. The second-order valence-corrected chi connectivity index (χ2v) is 6.44. The molecule has 1 atom stereocenters. The lowest BCUT2D eigenvalue weighted by atomic mass is 10.1. The van der Waals surface area contributed by atoms with Crippen molar-refractivity contribution in [2.45, 2.75) is 12.6 Å². The van der Waals surface area contributed by atoms with Crippen molar-refractivity contribution in [1.82, 2.24) is 4.90 Å². The van der Waals surface area contributed by atoms with E-state index in [2.05, 4.69) is 0 Å². The maximum absolute atomic E-state index is 12.5. The summed E-state index contributed by atoms with van der Waals surface area (Å²) in [6.45, 7) is 0.411. The Morgan fingerprint density at radius 1 is 1.00 bits per heavy atom. The fourth-order valence-electron chi connectivity index (χ4n) is 2.90. The molecule has 7 heteroatoms. The topological polar surface area (TPSA) is 76.1 Å². The standard InChI is InChI=1S/C20H20ClNO5/c21-9-10-27-16-7-5-14(6-8-16)12-26-13-15(11-23)22-19(24)17-3-1-2-4-18(17)20(22)25/h1-8,15,23H,9-13H2. The quantitative estimate of drug-likeness (QED) is 0.526. The minimum Gasteiger partial charge on any atom is -0.492 e. The molecule has 0 saturated carbocycles. The third-order valence-electron chi connectivity index (χ3n) is 4.25. The summed E-state index contributed by atoms with van der Waals surface area (Å²) in [5.74, 6) is 0.335. The average Bonchev–Trinajstić information content (AvgIpc) is 2.96. The smallest absolute Gasteiger partial charge is 0.261 e.